The molecule has 3 aromatic rings. The fourth-order valence-electron chi connectivity index (χ4n) is 2.68. The number of amides is 1. The van der Waals surface area contributed by atoms with E-state index in [1.54, 1.807) is 6.07 Å². The van der Waals surface area contributed by atoms with Crippen LogP contribution in [-0.4, -0.2) is 24.2 Å². The first-order valence-corrected chi connectivity index (χ1v) is 8.56. The van der Waals surface area contributed by atoms with Crippen molar-refractivity contribution < 1.29 is 27.8 Å². The minimum Gasteiger partial charge on any atom is -0.484 e. The van der Waals surface area contributed by atoms with Gasteiger partial charge in [0, 0.05) is 6.54 Å². The molecule has 7 heteroatoms. The quantitative estimate of drug-likeness (QED) is 0.668. The number of ether oxygens (including phenoxy) is 1. The molecule has 0 aliphatic heterocycles. The Morgan fingerprint density at radius 3 is 2.36 bits per heavy atom. The highest BCUT2D eigenvalue weighted by Gasteiger charge is 2.30. The van der Waals surface area contributed by atoms with Crippen LogP contribution in [0.4, 0.5) is 13.2 Å². The van der Waals surface area contributed by atoms with Gasteiger partial charge in [-0.05, 0) is 40.6 Å². The van der Waals surface area contributed by atoms with E-state index in [2.05, 4.69) is 5.32 Å². The summed E-state index contributed by atoms with van der Waals surface area (Å²) in [6, 6.07) is 17.4. The Morgan fingerprint density at radius 2 is 1.68 bits per heavy atom. The molecule has 0 bridgehead atoms. The van der Waals surface area contributed by atoms with Crippen LogP contribution in [0.25, 0.3) is 10.8 Å². The van der Waals surface area contributed by atoms with Crippen LogP contribution in [0.5, 0.6) is 5.75 Å². The van der Waals surface area contributed by atoms with Gasteiger partial charge in [-0.2, -0.15) is 13.2 Å². The largest absolute Gasteiger partial charge is 0.484 e. The summed E-state index contributed by atoms with van der Waals surface area (Å²) >= 11 is 0. The van der Waals surface area contributed by atoms with E-state index in [-0.39, 0.29) is 18.7 Å². The van der Waals surface area contributed by atoms with E-state index >= 15 is 0 Å². The molecule has 1 atom stereocenters. The maximum atomic E-state index is 12.6. The predicted molar refractivity (Wildman–Crippen MR) is 98.9 cm³/mol. The van der Waals surface area contributed by atoms with Gasteiger partial charge in [-0.15, -0.1) is 0 Å². The second-order valence-corrected chi connectivity index (χ2v) is 6.24. The first-order valence-electron chi connectivity index (χ1n) is 8.56. The third-order valence-corrected chi connectivity index (χ3v) is 4.21. The van der Waals surface area contributed by atoms with Gasteiger partial charge in [-0.3, -0.25) is 4.79 Å². The Balaban J connectivity index is 1.49. The molecular formula is C21H18F3NO3. The van der Waals surface area contributed by atoms with E-state index < -0.39 is 23.8 Å². The van der Waals surface area contributed by atoms with Crippen LogP contribution < -0.4 is 10.1 Å². The van der Waals surface area contributed by atoms with Crippen molar-refractivity contribution in [2.45, 2.75) is 12.3 Å². The van der Waals surface area contributed by atoms with E-state index in [0.29, 0.717) is 5.75 Å². The van der Waals surface area contributed by atoms with Crippen molar-refractivity contribution in [3.8, 4) is 5.75 Å². The van der Waals surface area contributed by atoms with Crippen LogP contribution >= 0.6 is 0 Å². The first-order chi connectivity index (χ1) is 13.3. The minimum atomic E-state index is -4.43. The molecule has 1 amide bonds. The first kappa shape index (κ1) is 19.7. The predicted octanol–water partition coefficient (Wildman–Crippen LogP) is 4.09. The van der Waals surface area contributed by atoms with Gasteiger partial charge >= 0.3 is 6.18 Å². The number of aliphatic hydroxyl groups is 1. The molecule has 3 rings (SSSR count). The van der Waals surface area contributed by atoms with Gasteiger partial charge in [0.25, 0.3) is 5.91 Å². The Bertz CT molecular complexity index is 955. The zero-order valence-electron chi connectivity index (χ0n) is 14.7. The molecule has 0 unspecified atom stereocenters. The van der Waals surface area contributed by atoms with Gasteiger partial charge in [0.05, 0.1) is 11.7 Å². The van der Waals surface area contributed by atoms with E-state index in [1.165, 1.54) is 12.1 Å². The van der Waals surface area contributed by atoms with Gasteiger partial charge in [0.1, 0.15) is 5.75 Å². The van der Waals surface area contributed by atoms with Gasteiger partial charge < -0.3 is 15.2 Å². The Labute approximate surface area is 159 Å². The lowest BCUT2D eigenvalue weighted by molar-refractivity contribution is -0.137. The lowest BCUT2D eigenvalue weighted by Crippen LogP contribution is -2.32. The van der Waals surface area contributed by atoms with E-state index in [1.807, 2.05) is 36.4 Å². The molecule has 28 heavy (non-hydrogen) atoms. The number of nitrogens with one attached hydrogen (secondary N) is 1. The summed E-state index contributed by atoms with van der Waals surface area (Å²) in [5.74, 6) is 0.0938. The number of aliphatic hydroxyl groups excluding tert-OH is 1. The van der Waals surface area contributed by atoms with Crippen molar-refractivity contribution in [2.24, 2.45) is 0 Å². The summed E-state index contributed by atoms with van der Waals surface area (Å²) in [5.41, 5.74) is -0.514. The van der Waals surface area contributed by atoms with Crippen molar-refractivity contribution in [3.63, 3.8) is 0 Å². The van der Waals surface area contributed by atoms with Crippen LogP contribution in [0.2, 0.25) is 0 Å². The molecule has 0 aliphatic rings. The van der Waals surface area contributed by atoms with Crippen molar-refractivity contribution in [2.75, 3.05) is 13.2 Å². The third kappa shape index (κ3) is 5.01. The summed E-state index contributed by atoms with van der Waals surface area (Å²) in [7, 11) is 0. The highest BCUT2D eigenvalue weighted by Crippen LogP contribution is 2.29. The molecule has 0 saturated carbocycles. The van der Waals surface area contributed by atoms with Crippen LogP contribution in [0.1, 0.15) is 17.2 Å². The van der Waals surface area contributed by atoms with Crippen LogP contribution in [0.3, 0.4) is 0 Å². The van der Waals surface area contributed by atoms with E-state index in [9.17, 15) is 23.1 Å². The van der Waals surface area contributed by atoms with Gasteiger partial charge in [-0.1, -0.05) is 42.5 Å². The average Bonchev–Trinajstić information content (AvgIpc) is 2.69. The SMILES string of the molecule is O=C(COc1ccc2ccccc2c1)NC[C@@H](O)c1ccc(C(F)(F)F)cc1. The number of hydrogen-bond acceptors (Lipinski definition) is 3. The topological polar surface area (TPSA) is 58.6 Å². The molecular weight excluding hydrogens is 371 g/mol. The summed E-state index contributed by atoms with van der Waals surface area (Å²) in [5, 5.41) is 14.6. The van der Waals surface area contributed by atoms with Crippen LogP contribution in [0.15, 0.2) is 66.7 Å². The Morgan fingerprint density at radius 1 is 1.00 bits per heavy atom. The molecule has 0 saturated heterocycles. The van der Waals surface area contributed by atoms with Gasteiger partial charge in [0.15, 0.2) is 6.61 Å². The summed E-state index contributed by atoms with van der Waals surface area (Å²) < 4.78 is 43.1. The zero-order valence-corrected chi connectivity index (χ0v) is 14.7. The smallest absolute Gasteiger partial charge is 0.416 e. The van der Waals surface area contributed by atoms with Crippen molar-refractivity contribution >= 4 is 16.7 Å². The molecule has 2 N–H and O–H groups in total. The Kier molecular flexibility index (Phi) is 5.84. The lowest BCUT2D eigenvalue weighted by Gasteiger charge is -2.14. The number of alkyl halides is 3. The fourth-order valence-corrected chi connectivity index (χ4v) is 2.68. The molecule has 0 spiro atoms. The normalized spacial score (nSPS) is 12.6. The molecule has 0 radical (unpaired) electrons. The molecule has 4 nitrogen and oxygen atoms in total. The third-order valence-electron chi connectivity index (χ3n) is 4.21. The summed E-state index contributed by atoms with van der Waals surface area (Å²) in [6.07, 6.45) is -5.55. The molecule has 0 aliphatic carbocycles. The fraction of sp³-hybridized carbons (Fsp3) is 0.190. The number of carbonyl (C=O) groups excluding carboxylic acids is 1. The van der Waals surface area contributed by atoms with Crippen molar-refractivity contribution in [1.29, 1.82) is 0 Å². The van der Waals surface area contributed by atoms with Crippen LogP contribution in [0, 0.1) is 0 Å². The maximum Gasteiger partial charge on any atom is 0.416 e. The maximum absolute atomic E-state index is 12.6. The molecule has 146 valence electrons. The molecule has 0 heterocycles. The zero-order chi connectivity index (χ0) is 20.1. The number of halogens is 3. The van der Waals surface area contributed by atoms with Crippen molar-refractivity contribution in [1.82, 2.24) is 5.32 Å². The standard InChI is InChI=1S/C21H18F3NO3/c22-21(23,24)17-8-5-15(6-9-17)19(26)12-25-20(27)13-28-18-10-7-14-3-1-2-4-16(14)11-18/h1-11,19,26H,12-13H2,(H,25,27)/t19-/m1/s1. The minimum absolute atomic E-state index is 0.134. The number of hydrogen-bond donors (Lipinski definition) is 2. The molecule has 0 aromatic heterocycles. The second kappa shape index (κ2) is 8.31. The van der Waals surface area contributed by atoms with Gasteiger partial charge in [-0.25, -0.2) is 0 Å². The van der Waals surface area contributed by atoms with Gasteiger partial charge in [0.2, 0.25) is 0 Å². The number of benzene rings is 3. The summed E-state index contributed by atoms with van der Waals surface area (Å²) in [4.78, 5) is 11.9. The number of rotatable bonds is 6. The second-order valence-electron chi connectivity index (χ2n) is 6.24. The van der Waals surface area contributed by atoms with E-state index in [0.717, 1.165) is 22.9 Å². The highest BCUT2D eigenvalue weighted by atomic mass is 19.4. The lowest BCUT2D eigenvalue weighted by atomic mass is 10.1. The molecule has 0 fully saturated rings. The highest BCUT2D eigenvalue weighted by molar-refractivity contribution is 5.84. The summed E-state index contributed by atoms with van der Waals surface area (Å²) in [6.45, 7) is -0.372. The molecule has 3 aromatic carbocycles. The van der Waals surface area contributed by atoms with Crippen molar-refractivity contribution in [3.05, 3.63) is 77.9 Å². The number of fused-ring (bicyclic) bond motifs is 1. The van der Waals surface area contributed by atoms with E-state index in [4.69, 9.17) is 4.74 Å². The average molecular weight is 389 g/mol. The Hall–Kier alpha value is -3.06. The monoisotopic (exact) mass is 389 g/mol. The van der Waals surface area contributed by atoms with Crippen LogP contribution in [-0.2, 0) is 11.0 Å². The number of carbonyl (C=O) groups is 1.